The van der Waals surface area contributed by atoms with Gasteiger partial charge in [0.25, 0.3) is 0 Å². The number of nitrogens with one attached hydrogen (secondary N) is 1. The van der Waals surface area contributed by atoms with Crippen molar-refractivity contribution in [3.05, 3.63) is 28.8 Å². The monoisotopic (exact) mass is 304 g/mol. The maximum Gasteiger partial charge on any atom is 0.389 e. The van der Waals surface area contributed by atoms with Crippen LogP contribution in [0.25, 0.3) is 0 Å². The van der Waals surface area contributed by atoms with Crippen molar-refractivity contribution < 1.29 is 18.0 Å². The molecule has 0 bridgehead atoms. The molecule has 0 heterocycles. The van der Waals surface area contributed by atoms with E-state index >= 15 is 0 Å². The fourth-order valence-electron chi connectivity index (χ4n) is 1.32. The molecule has 0 aromatic heterocycles. The van der Waals surface area contributed by atoms with Crippen LogP contribution in [-0.2, 0) is 4.79 Å². The number of anilines is 1. The molecule has 0 fully saturated rings. The van der Waals surface area contributed by atoms with Crippen LogP contribution < -0.4 is 11.1 Å². The van der Waals surface area contributed by atoms with E-state index < -0.39 is 24.9 Å². The number of carbonyl (C=O) groups is 1. The number of rotatable bonds is 3. The highest BCUT2D eigenvalue weighted by Gasteiger charge is 2.27. The number of amides is 1. The predicted octanol–water partition coefficient (Wildman–Crippen LogP) is 2.93. The van der Waals surface area contributed by atoms with Crippen molar-refractivity contribution in [3.63, 3.8) is 0 Å². The Balaban J connectivity index is 2.73. The summed E-state index contributed by atoms with van der Waals surface area (Å²) in [5.41, 5.74) is 6.02. The molecule has 0 radical (unpaired) electrons. The third-order valence-electron chi connectivity index (χ3n) is 2.21. The van der Waals surface area contributed by atoms with Gasteiger partial charge in [0.15, 0.2) is 0 Å². The highest BCUT2D eigenvalue weighted by atomic mass is 35.5. The van der Waals surface area contributed by atoms with Gasteiger partial charge in [-0.05, 0) is 18.2 Å². The Kier molecular flexibility index (Phi) is 5.86. The molecule has 7 heteroatoms. The zero-order valence-corrected chi connectivity index (χ0v) is 11.1. The molecule has 3 N–H and O–H groups in total. The van der Waals surface area contributed by atoms with Gasteiger partial charge >= 0.3 is 6.18 Å². The van der Waals surface area contributed by atoms with Gasteiger partial charge in [-0.25, -0.2) is 0 Å². The Morgan fingerprint density at radius 1 is 1.40 bits per heavy atom. The first-order chi connectivity index (χ1) is 9.31. The average Bonchev–Trinajstić information content (AvgIpc) is 2.36. The maximum absolute atomic E-state index is 12.0. The van der Waals surface area contributed by atoms with E-state index in [4.69, 9.17) is 17.3 Å². The molecule has 1 rings (SSSR count). The first-order valence-electron chi connectivity index (χ1n) is 5.67. The van der Waals surface area contributed by atoms with E-state index in [0.29, 0.717) is 5.56 Å². The average molecular weight is 305 g/mol. The lowest BCUT2D eigenvalue weighted by atomic mass is 10.2. The number of halogens is 4. The molecule has 0 aliphatic heterocycles. The van der Waals surface area contributed by atoms with Crippen LogP contribution in [0.4, 0.5) is 18.9 Å². The van der Waals surface area contributed by atoms with Gasteiger partial charge in [-0.15, -0.1) is 0 Å². The Labute approximate surface area is 119 Å². The number of hydrogen-bond donors (Lipinski definition) is 2. The second kappa shape index (κ2) is 7.17. The fraction of sp³-hybridized carbons (Fsp3) is 0.308. The van der Waals surface area contributed by atoms with Gasteiger partial charge in [0.05, 0.1) is 23.7 Å². The SMILES string of the molecule is NCC#Cc1ccc(Cl)c(NC(=O)CCC(F)(F)F)c1. The van der Waals surface area contributed by atoms with E-state index in [1.54, 1.807) is 6.07 Å². The Morgan fingerprint density at radius 3 is 2.70 bits per heavy atom. The minimum Gasteiger partial charge on any atom is -0.325 e. The van der Waals surface area contributed by atoms with Crippen molar-refractivity contribution in [2.45, 2.75) is 19.0 Å². The van der Waals surface area contributed by atoms with E-state index in [9.17, 15) is 18.0 Å². The number of alkyl halides is 3. The molecule has 0 saturated heterocycles. The fourth-order valence-corrected chi connectivity index (χ4v) is 1.48. The second-order valence-electron chi connectivity index (χ2n) is 3.86. The van der Waals surface area contributed by atoms with E-state index in [-0.39, 0.29) is 17.3 Å². The topological polar surface area (TPSA) is 55.1 Å². The molecule has 0 aliphatic carbocycles. The Hall–Kier alpha value is -1.71. The lowest BCUT2D eigenvalue weighted by Crippen LogP contribution is -2.16. The van der Waals surface area contributed by atoms with Crippen LogP contribution in [-0.4, -0.2) is 18.6 Å². The van der Waals surface area contributed by atoms with E-state index in [2.05, 4.69) is 17.2 Å². The van der Waals surface area contributed by atoms with Gasteiger partial charge in [-0.2, -0.15) is 13.2 Å². The Bertz CT molecular complexity index is 547. The summed E-state index contributed by atoms with van der Waals surface area (Å²) >= 11 is 5.85. The lowest BCUT2D eigenvalue weighted by molar-refractivity contribution is -0.142. The Morgan fingerprint density at radius 2 is 2.10 bits per heavy atom. The molecule has 108 valence electrons. The number of hydrogen-bond acceptors (Lipinski definition) is 2. The minimum atomic E-state index is -4.37. The van der Waals surface area contributed by atoms with Crippen molar-refractivity contribution in [1.82, 2.24) is 0 Å². The van der Waals surface area contributed by atoms with Crippen LogP contribution >= 0.6 is 11.6 Å². The molecule has 3 nitrogen and oxygen atoms in total. The summed E-state index contributed by atoms with van der Waals surface area (Å²) in [6.45, 7) is 0.176. The van der Waals surface area contributed by atoms with E-state index in [0.717, 1.165) is 0 Å². The van der Waals surface area contributed by atoms with E-state index in [1.807, 2.05) is 0 Å². The van der Waals surface area contributed by atoms with Crippen LogP contribution in [0.15, 0.2) is 18.2 Å². The summed E-state index contributed by atoms with van der Waals surface area (Å²) in [4.78, 5) is 11.4. The molecular weight excluding hydrogens is 293 g/mol. The summed E-state index contributed by atoms with van der Waals surface area (Å²) in [6, 6.07) is 4.61. The summed E-state index contributed by atoms with van der Waals surface area (Å²) in [7, 11) is 0. The number of carbonyl (C=O) groups excluding carboxylic acids is 1. The van der Waals surface area contributed by atoms with Crippen LogP contribution in [0.3, 0.4) is 0 Å². The third-order valence-corrected chi connectivity index (χ3v) is 2.54. The molecule has 0 spiro atoms. The van der Waals surface area contributed by atoms with Gasteiger partial charge in [-0.1, -0.05) is 23.4 Å². The molecule has 20 heavy (non-hydrogen) atoms. The van der Waals surface area contributed by atoms with E-state index in [1.165, 1.54) is 12.1 Å². The molecule has 1 aromatic carbocycles. The van der Waals surface area contributed by atoms with Crippen LogP contribution in [0.5, 0.6) is 0 Å². The summed E-state index contributed by atoms with van der Waals surface area (Å²) in [6.07, 6.45) is -6.20. The highest BCUT2D eigenvalue weighted by Crippen LogP contribution is 2.25. The molecule has 0 unspecified atom stereocenters. The van der Waals surface area contributed by atoms with Crippen molar-refractivity contribution in [1.29, 1.82) is 0 Å². The lowest BCUT2D eigenvalue weighted by Gasteiger charge is -2.09. The van der Waals surface area contributed by atoms with Gasteiger partial charge in [-0.3, -0.25) is 4.79 Å². The van der Waals surface area contributed by atoms with Crippen molar-refractivity contribution >= 4 is 23.2 Å². The number of nitrogens with two attached hydrogens (primary N) is 1. The van der Waals surface area contributed by atoms with Crippen molar-refractivity contribution in [2.24, 2.45) is 5.73 Å². The van der Waals surface area contributed by atoms with Crippen LogP contribution in [0.2, 0.25) is 5.02 Å². The summed E-state index contributed by atoms with van der Waals surface area (Å²) in [5, 5.41) is 2.56. The van der Waals surface area contributed by atoms with Gasteiger partial charge < -0.3 is 11.1 Å². The molecule has 1 amide bonds. The zero-order chi connectivity index (χ0) is 15.2. The molecule has 1 aromatic rings. The minimum absolute atomic E-state index is 0.176. The van der Waals surface area contributed by atoms with Crippen LogP contribution in [0, 0.1) is 11.8 Å². The molecule has 0 saturated carbocycles. The normalized spacial score (nSPS) is 10.7. The summed E-state index contributed by atoms with van der Waals surface area (Å²) < 4.78 is 36.0. The molecular formula is C13H12ClF3N2O. The first-order valence-corrected chi connectivity index (χ1v) is 6.04. The van der Waals surface area contributed by atoms with Crippen LogP contribution in [0.1, 0.15) is 18.4 Å². The van der Waals surface area contributed by atoms with Gasteiger partial charge in [0, 0.05) is 12.0 Å². The standard InChI is InChI=1S/C13H12ClF3N2O/c14-10-4-3-9(2-1-7-18)8-11(10)19-12(20)5-6-13(15,16)17/h3-4,8H,5-7,18H2,(H,19,20). The summed E-state index contributed by atoms with van der Waals surface area (Å²) in [5.74, 6) is 4.60. The highest BCUT2D eigenvalue weighted by molar-refractivity contribution is 6.33. The quantitative estimate of drug-likeness (QED) is 0.844. The molecule has 0 atom stereocenters. The molecule has 0 aliphatic rings. The predicted molar refractivity (Wildman–Crippen MR) is 71.3 cm³/mol. The number of benzene rings is 1. The first kappa shape index (κ1) is 16.3. The zero-order valence-electron chi connectivity index (χ0n) is 10.4. The smallest absolute Gasteiger partial charge is 0.325 e. The second-order valence-corrected chi connectivity index (χ2v) is 4.27. The maximum atomic E-state index is 12.0. The van der Waals surface area contributed by atoms with Crippen molar-refractivity contribution in [3.8, 4) is 11.8 Å². The van der Waals surface area contributed by atoms with Crippen molar-refractivity contribution in [2.75, 3.05) is 11.9 Å². The largest absolute Gasteiger partial charge is 0.389 e. The van der Waals surface area contributed by atoms with Gasteiger partial charge in [0.2, 0.25) is 5.91 Å². The van der Waals surface area contributed by atoms with Gasteiger partial charge in [0.1, 0.15) is 0 Å². The third kappa shape index (κ3) is 5.95.